The van der Waals surface area contributed by atoms with Gasteiger partial charge >= 0.3 is 0 Å². The number of rotatable bonds is 3. The predicted molar refractivity (Wildman–Crippen MR) is 76.6 cm³/mol. The van der Waals surface area contributed by atoms with Crippen molar-refractivity contribution in [3.05, 3.63) is 52.5 Å². The highest BCUT2D eigenvalue weighted by atomic mass is 32.2. The molecule has 0 spiro atoms. The van der Waals surface area contributed by atoms with Crippen molar-refractivity contribution in [1.29, 1.82) is 0 Å². The molecule has 6 heteroatoms. The lowest BCUT2D eigenvalue weighted by atomic mass is 10.2. The molecule has 3 nitrogen and oxygen atoms in total. The Morgan fingerprint density at radius 3 is 2.70 bits per heavy atom. The third-order valence-corrected chi connectivity index (χ3v) is 6.41. The molecule has 2 heterocycles. The fourth-order valence-electron chi connectivity index (χ4n) is 2.57. The van der Waals surface area contributed by atoms with E-state index in [4.69, 9.17) is 0 Å². The first-order valence-electron chi connectivity index (χ1n) is 6.40. The smallest absolute Gasteiger partial charge is 0.207 e. The summed E-state index contributed by atoms with van der Waals surface area (Å²) >= 11 is 1.54. The van der Waals surface area contributed by atoms with E-state index in [1.807, 2.05) is 17.5 Å². The van der Waals surface area contributed by atoms with Gasteiger partial charge in [0, 0.05) is 11.4 Å². The van der Waals surface area contributed by atoms with Gasteiger partial charge in [-0.05, 0) is 36.4 Å². The zero-order valence-corrected chi connectivity index (χ0v) is 12.3. The Balaban J connectivity index is 2.01. The summed E-state index contributed by atoms with van der Waals surface area (Å²) in [6.45, 7) is 0.444. The first-order valence-corrected chi connectivity index (χ1v) is 8.72. The molecular weight excluding hydrogens is 297 g/mol. The normalized spacial score (nSPS) is 20.4. The maximum Gasteiger partial charge on any atom is 0.246 e. The zero-order chi connectivity index (χ0) is 14.2. The Morgan fingerprint density at radius 1 is 1.20 bits per heavy atom. The Labute approximate surface area is 121 Å². The van der Waals surface area contributed by atoms with E-state index >= 15 is 0 Å². The van der Waals surface area contributed by atoms with Gasteiger partial charge in [-0.2, -0.15) is 4.31 Å². The molecule has 1 aliphatic heterocycles. The molecule has 0 saturated carbocycles. The monoisotopic (exact) mass is 311 g/mol. The predicted octanol–water partition coefficient (Wildman–Crippen LogP) is 3.41. The minimum atomic E-state index is -3.78. The van der Waals surface area contributed by atoms with E-state index in [2.05, 4.69) is 0 Å². The van der Waals surface area contributed by atoms with Crippen LogP contribution in [0.5, 0.6) is 0 Å². The van der Waals surface area contributed by atoms with Crippen molar-refractivity contribution in [2.45, 2.75) is 23.8 Å². The second kappa shape index (κ2) is 5.27. The number of hydrogen-bond acceptors (Lipinski definition) is 3. The molecule has 1 saturated heterocycles. The first-order chi connectivity index (χ1) is 9.60. The highest BCUT2D eigenvalue weighted by molar-refractivity contribution is 7.89. The minimum absolute atomic E-state index is 0.167. The fraction of sp³-hybridized carbons (Fsp3) is 0.286. The molecule has 1 aromatic heterocycles. The van der Waals surface area contributed by atoms with Gasteiger partial charge in [-0.25, -0.2) is 12.8 Å². The number of hydrogen-bond donors (Lipinski definition) is 0. The van der Waals surface area contributed by atoms with E-state index in [0.717, 1.165) is 17.7 Å². The quantitative estimate of drug-likeness (QED) is 0.871. The van der Waals surface area contributed by atoms with Crippen molar-refractivity contribution in [3.8, 4) is 0 Å². The van der Waals surface area contributed by atoms with Crippen molar-refractivity contribution in [3.63, 3.8) is 0 Å². The second-order valence-electron chi connectivity index (χ2n) is 4.72. The van der Waals surface area contributed by atoms with Crippen LogP contribution in [0.4, 0.5) is 4.39 Å². The van der Waals surface area contributed by atoms with Crippen molar-refractivity contribution < 1.29 is 12.8 Å². The Kier molecular flexibility index (Phi) is 3.62. The molecule has 1 fully saturated rings. The second-order valence-corrected chi connectivity index (χ2v) is 7.56. The van der Waals surface area contributed by atoms with E-state index in [9.17, 15) is 12.8 Å². The number of nitrogens with zero attached hydrogens (tertiary/aromatic N) is 1. The van der Waals surface area contributed by atoms with Crippen LogP contribution >= 0.6 is 11.3 Å². The summed E-state index contributed by atoms with van der Waals surface area (Å²) in [7, 11) is -3.78. The van der Waals surface area contributed by atoms with Crippen LogP contribution in [0.3, 0.4) is 0 Å². The summed E-state index contributed by atoms with van der Waals surface area (Å²) < 4.78 is 40.5. The highest BCUT2D eigenvalue weighted by Crippen LogP contribution is 2.38. The van der Waals surface area contributed by atoms with Gasteiger partial charge < -0.3 is 0 Å². The lowest BCUT2D eigenvalue weighted by Gasteiger charge is -2.23. The molecule has 1 aromatic carbocycles. The first kappa shape index (κ1) is 13.7. The van der Waals surface area contributed by atoms with E-state index in [1.54, 1.807) is 6.07 Å². The zero-order valence-electron chi connectivity index (χ0n) is 10.7. The molecule has 1 aliphatic rings. The minimum Gasteiger partial charge on any atom is -0.207 e. The molecule has 1 unspecified atom stereocenters. The maximum absolute atomic E-state index is 13.8. The summed E-state index contributed by atoms with van der Waals surface area (Å²) in [5.41, 5.74) is 0. The topological polar surface area (TPSA) is 37.4 Å². The molecule has 3 rings (SSSR count). The van der Waals surface area contributed by atoms with Gasteiger partial charge in [0.25, 0.3) is 0 Å². The van der Waals surface area contributed by atoms with Gasteiger partial charge in [-0.15, -0.1) is 11.3 Å². The van der Waals surface area contributed by atoms with Crippen LogP contribution in [0, 0.1) is 5.82 Å². The van der Waals surface area contributed by atoms with Crippen molar-refractivity contribution >= 4 is 21.4 Å². The molecule has 20 heavy (non-hydrogen) atoms. The van der Waals surface area contributed by atoms with Crippen LogP contribution < -0.4 is 0 Å². The number of benzene rings is 1. The number of sulfonamides is 1. The van der Waals surface area contributed by atoms with Crippen LogP contribution in [0.15, 0.2) is 46.7 Å². The Hall–Kier alpha value is -1.24. The van der Waals surface area contributed by atoms with E-state index in [-0.39, 0.29) is 10.9 Å². The standard InChI is InChI=1S/C14H14FNO2S2/c15-11-5-1-2-8-14(11)20(17,18)16-9-3-6-12(16)13-7-4-10-19-13/h1-2,4-5,7-8,10,12H,3,6,9H2. The van der Waals surface area contributed by atoms with Gasteiger partial charge in [-0.1, -0.05) is 18.2 Å². The Morgan fingerprint density at radius 2 is 2.00 bits per heavy atom. The summed E-state index contributed by atoms with van der Waals surface area (Å²) in [5.74, 6) is -0.690. The number of thiophene rings is 1. The molecule has 0 aliphatic carbocycles. The van der Waals surface area contributed by atoms with Crippen LogP contribution in [0.25, 0.3) is 0 Å². The van der Waals surface area contributed by atoms with Gasteiger partial charge in [0.05, 0.1) is 6.04 Å². The third-order valence-electron chi connectivity index (χ3n) is 3.50. The van der Waals surface area contributed by atoms with Crippen molar-refractivity contribution in [1.82, 2.24) is 4.31 Å². The summed E-state index contributed by atoms with van der Waals surface area (Å²) in [5, 5.41) is 1.93. The van der Waals surface area contributed by atoms with E-state index in [0.29, 0.717) is 6.54 Å². The molecule has 0 N–H and O–H groups in total. The summed E-state index contributed by atoms with van der Waals surface area (Å²) in [6.07, 6.45) is 1.59. The molecule has 2 aromatic rings. The molecule has 1 atom stereocenters. The lowest BCUT2D eigenvalue weighted by Crippen LogP contribution is -2.30. The summed E-state index contributed by atoms with van der Waals surface area (Å²) in [4.78, 5) is 0.783. The van der Waals surface area contributed by atoms with Gasteiger partial charge in [0.2, 0.25) is 10.0 Å². The van der Waals surface area contributed by atoms with Gasteiger partial charge in [0.1, 0.15) is 10.7 Å². The maximum atomic E-state index is 13.8. The van der Waals surface area contributed by atoms with Crippen molar-refractivity contribution in [2.75, 3.05) is 6.54 Å². The van der Waals surface area contributed by atoms with E-state index in [1.165, 1.54) is 33.8 Å². The molecular formula is C14H14FNO2S2. The SMILES string of the molecule is O=S(=O)(c1ccccc1F)N1CCCC1c1cccs1. The van der Waals surface area contributed by atoms with Crippen LogP contribution in [0.2, 0.25) is 0 Å². The lowest BCUT2D eigenvalue weighted by molar-refractivity contribution is 0.397. The van der Waals surface area contributed by atoms with Crippen molar-refractivity contribution in [2.24, 2.45) is 0 Å². The van der Waals surface area contributed by atoms with E-state index < -0.39 is 15.8 Å². The average Bonchev–Trinajstić information content (AvgIpc) is 3.10. The van der Waals surface area contributed by atoms with Crippen LogP contribution in [-0.2, 0) is 10.0 Å². The largest absolute Gasteiger partial charge is 0.246 e. The molecule has 0 bridgehead atoms. The third kappa shape index (κ3) is 2.28. The molecule has 0 radical (unpaired) electrons. The summed E-state index contributed by atoms with van der Waals surface area (Å²) in [6, 6.07) is 9.23. The van der Waals surface area contributed by atoms with Crippen LogP contribution in [0.1, 0.15) is 23.8 Å². The fourth-order valence-corrected chi connectivity index (χ4v) is 5.25. The average molecular weight is 311 g/mol. The Bertz CT molecular complexity index is 698. The van der Waals surface area contributed by atoms with Gasteiger partial charge in [-0.3, -0.25) is 0 Å². The number of halogens is 1. The van der Waals surface area contributed by atoms with Gasteiger partial charge in [0.15, 0.2) is 0 Å². The van der Waals surface area contributed by atoms with Crippen LogP contribution in [-0.4, -0.2) is 19.3 Å². The highest BCUT2D eigenvalue weighted by Gasteiger charge is 2.37. The molecule has 106 valence electrons. The molecule has 0 amide bonds.